The minimum atomic E-state index is -2.15. The number of carboxylic acid groups (broad SMARTS) is 1. The van der Waals surface area contributed by atoms with E-state index < -0.39 is 36.2 Å². The quantitative estimate of drug-likeness (QED) is 0.314. The second-order valence-electron chi connectivity index (χ2n) is 8.60. The fraction of sp³-hybridized carbons (Fsp3) is 0.280. The number of benzene rings is 2. The summed E-state index contributed by atoms with van der Waals surface area (Å²) in [6.07, 6.45) is 2.21. The number of carboxylic acids is 1. The fourth-order valence-electron chi connectivity index (χ4n) is 4.07. The Bertz CT molecular complexity index is 1180. The Labute approximate surface area is 201 Å². The van der Waals surface area contributed by atoms with Crippen molar-refractivity contribution in [2.24, 2.45) is 0 Å². The summed E-state index contributed by atoms with van der Waals surface area (Å²) in [6.45, 7) is 0.609. The monoisotopic (exact) mass is 478 g/mol. The number of carbonyl (C=O) groups excluding carboxylic acids is 2. The van der Waals surface area contributed by atoms with Crippen LogP contribution in [0.2, 0.25) is 0 Å². The molecule has 0 fully saturated rings. The molecule has 0 saturated carbocycles. The molecular weight excluding hydrogens is 452 g/mol. The van der Waals surface area contributed by atoms with Crippen molar-refractivity contribution in [2.75, 3.05) is 13.2 Å². The highest BCUT2D eigenvalue weighted by Gasteiger charge is 2.33. The zero-order chi connectivity index (χ0) is 25.0. The maximum absolute atomic E-state index is 12.7. The van der Waals surface area contributed by atoms with Crippen LogP contribution in [0.15, 0.2) is 61.1 Å². The van der Waals surface area contributed by atoms with Crippen LogP contribution < -0.4 is 10.6 Å². The third-order valence-electron chi connectivity index (χ3n) is 6.00. The van der Waals surface area contributed by atoms with Gasteiger partial charge >= 0.3 is 12.1 Å². The van der Waals surface area contributed by atoms with Crippen molar-refractivity contribution < 1.29 is 29.3 Å². The number of H-pyrrole nitrogens is 1. The van der Waals surface area contributed by atoms with Gasteiger partial charge in [-0.1, -0.05) is 48.5 Å². The highest BCUT2D eigenvalue weighted by Crippen LogP contribution is 2.44. The lowest BCUT2D eigenvalue weighted by molar-refractivity contribution is -0.156. The maximum Gasteiger partial charge on any atom is 0.407 e. The normalized spacial score (nSPS) is 14.8. The van der Waals surface area contributed by atoms with E-state index >= 15 is 0 Å². The summed E-state index contributed by atoms with van der Waals surface area (Å²) < 4.78 is 5.52. The molecule has 182 valence electrons. The smallest absolute Gasteiger partial charge is 0.407 e. The molecule has 1 heterocycles. The Morgan fingerprint density at radius 3 is 2.31 bits per heavy atom. The maximum atomic E-state index is 12.7. The van der Waals surface area contributed by atoms with E-state index in [0.717, 1.165) is 29.2 Å². The van der Waals surface area contributed by atoms with Gasteiger partial charge in [-0.25, -0.2) is 14.6 Å². The molecule has 0 spiro atoms. The SMILES string of the molecule is CC(O)(CNC(=O)[C@@H](Cc1cnc[nH]1)NC(=O)OCC1c2ccccc2-c2ccccc21)C(=O)O. The van der Waals surface area contributed by atoms with Gasteiger partial charge in [-0.2, -0.15) is 0 Å². The molecule has 0 saturated heterocycles. The third-order valence-corrected chi connectivity index (χ3v) is 6.00. The van der Waals surface area contributed by atoms with Gasteiger partial charge in [0.05, 0.1) is 12.9 Å². The summed E-state index contributed by atoms with van der Waals surface area (Å²) in [7, 11) is 0. The lowest BCUT2D eigenvalue weighted by Gasteiger charge is -2.22. The first kappa shape index (κ1) is 24.0. The molecule has 5 N–H and O–H groups in total. The van der Waals surface area contributed by atoms with Crippen molar-refractivity contribution in [3.8, 4) is 11.1 Å². The van der Waals surface area contributed by atoms with Crippen LogP contribution in [0.4, 0.5) is 4.79 Å². The van der Waals surface area contributed by atoms with E-state index in [2.05, 4.69) is 20.6 Å². The van der Waals surface area contributed by atoms with Crippen LogP contribution in [0.3, 0.4) is 0 Å². The first-order valence-corrected chi connectivity index (χ1v) is 11.1. The number of nitrogens with one attached hydrogen (secondary N) is 3. The molecule has 4 rings (SSSR count). The van der Waals surface area contributed by atoms with Crippen molar-refractivity contribution in [3.05, 3.63) is 77.9 Å². The third kappa shape index (κ3) is 5.33. The number of rotatable bonds is 9. The number of aromatic nitrogens is 2. The van der Waals surface area contributed by atoms with Crippen molar-refractivity contribution in [3.63, 3.8) is 0 Å². The number of imidazole rings is 1. The van der Waals surface area contributed by atoms with E-state index in [0.29, 0.717) is 5.69 Å². The number of aliphatic carboxylic acids is 1. The Hall–Kier alpha value is -4.18. The van der Waals surface area contributed by atoms with Gasteiger partial charge < -0.3 is 30.6 Å². The number of aliphatic hydroxyl groups is 1. The zero-order valence-corrected chi connectivity index (χ0v) is 19.0. The standard InChI is InChI=1S/C25H26N4O6/c1-25(34,23(31)32)13-27-22(30)21(10-15-11-26-14-28-15)29-24(33)35-12-20-18-8-4-2-6-16(18)17-7-3-5-9-19(17)20/h2-9,11,14,20-21,34H,10,12-13H2,1H3,(H,26,28)(H,27,30)(H,29,33)(H,31,32)/t21-,25?/m1/s1. The average molecular weight is 479 g/mol. The number of hydrogen-bond donors (Lipinski definition) is 5. The minimum absolute atomic E-state index is 0.0608. The van der Waals surface area contributed by atoms with E-state index in [1.807, 2.05) is 48.5 Å². The Morgan fingerprint density at radius 1 is 1.11 bits per heavy atom. The van der Waals surface area contributed by atoms with E-state index in [-0.39, 0.29) is 18.9 Å². The number of fused-ring (bicyclic) bond motifs is 3. The zero-order valence-electron chi connectivity index (χ0n) is 19.0. The number of amides is 2. The topological polar surface area (TPSA) is 154 Å². The molecule has 35 heavy (non-hydrogen) atoms. The predicted molar refractivity (Wildman–Crippen MR) is 126 cm³/mol. The number of aromatic amines is 1. The van der Waals surface area contributed by atoms with Crippen molar-refractivity contribution in [1.29, 1.82) is 0 Å². The van der Waals surface area contributed by atoms with Gasteiger partial charge in [-0.15, -0.1) is 0 Å². The first-order chi connectivity index (χ1) is 16.8. The summed E-state index contributed by atoms with van der Waals surface area (Å²) >= 11 is 0. The van der Waals surface area contributed by atoms with Crippen LogP contribution in [-0.2, 0) is 20.7 Å². The first-order valence-electron chi connectivity index (χ1n) is 11.1. The minimum Gasteiger partial charge on any atom is -0.479 e. The molecular formula is C25H26N4O6. The van der Waals surface area contributed by atoms with Crippen molar-refractivity contribution >= 4 is 18.0 Å². The molecule has 1 aromatic heterocycles. The molecule has 2 amide bonds. The molecule has 3 aromatic rings. The molecule has 2 atom stereocenters. The molecule has 0 aliphatic heterocycles. The van der Waals surface area contributed by atoms with Gasteiger partial charge in [0, 0.05) is 24.2 Å². The van der Waals surface area contributed by atoms with Crippen LogP contribution >= 0.6 is 0 Å². The van der Waals surface area contributed by atoms with Crippen molar-refractivity contribution in [1.82, 2.24) is 20.6 Å². The van der Waals surface area contributed by atoms with E-state index in [1.165, 1.54) is 12.5 Å². The number of hydrogen-bond acceptors (Lipinski definition) is 6. The van der Waals surface area contributed by atoms with Crippen LogP contribution in [0, 0.1) is 0 Å². The summed E-state index contributed by atoms with van der Waals surface area (Å²) in [5.74, 6) is -2.29. The summed E-state index contributed by atoms with van der Waals surface area (Å²) in [4.78, 5) is 43.3. The molecule has 1 aliphatic rings. The average Bonchev–Trinajstić information content (AvgIpc) is 3.47. The Morgan fingerprint density at radius 2 is 1.74 bits per heavy atom. The van der Waals surface area contributed by atoms with Crippen LogP contribution in [0.25, 0.3) is 11.1 Å². The van der Waals surface area contributed by atoms with Crippen LogP contribution in [0.1, 0.15) is 29.7 Å². The van der Waals surface area contributed by atoms with E-state index in [4.69, 9.17) is 9.84 Å². The number of nitrogens with zero attached hydrogens (tertiary/aromatic N) is 1. The molecule has 10 heteroatoms. The van der Waals surface area contributed by atoms with Gasteiger partial charge in [0.2, 0.25) is 5.91 Å². The number of carbonyl (C=O) groups is 3. The molecule has 0 radical (unpaired) electrons. The Kier molecular flexibility index (Phi) is 6.83. The molecule has 1 aliphatic carbocycles. The number of alkyl carbamates (subject to hydrolysis) is 1. The lowest BCUT2D eigenvalue weighted by atomic mass is 9.98. The van der Waals surface area contributed by atoms with Crippen molar-refractivity contribution in [2.45, 2.75) is 30.9 Å². The fourth-order valence-corrected chi connectivity index (χ4v) is 4.07. The Balaban J connectivity index is 1.43. The highest BCUT2D eigenvalue weighted by atomic mass is 16.5. The van der Waals surface area contributed by atoms with Gasteiger partial charge in [0.1, 0.15) is 12.6 Å². The van der Waals surface area contributed by atoms with Gasteiger partial charge in [0.25, 0.3) is 0 Å². The van der Waals surface area contributed by atoms with Gasteiger partial charge in [-0.3, -0.25) is 4.79 Å². The molecule has 2 aromatic carbocycles. The van der Waals surface area contributed by atoms with E-state index in [9.17, 15) is 19.5 Å². The van der Waals surface area contributed by atoms with Crippen LogP contribution in [-0.4, -0.2) is 62.9 Å². The summed E-state index contributed by atoms with van der Waals surface area (Å²) in [5, 5.41) is 23.9. The van der Waals surface area contributed by atoms with Gasteiger partial charge in [0.15, 0.2) is 5.60 Å². The summed E-state index contributed by atoms with van der Waals surface area (Å²) in [6, 6.07) is 14.8. The molecule has 10 nitrogen and oxygen atoms in total. The predicted octanol–water partition coefficient (Wildman–Crippen LogP) is 1.81. The van der Waals surface area contributed by atoms with Gasteiger partial charge in [-0.05, 0) is 29.2 Å². The second kappa shape index (κ2) is 9.98. The molecule has 1 unspecified atom stereocenters. The number of ether oxygens (including phenoxy) is 1. The molecule has 0 bridgehead atoms. The lowest BCUT2D eigenvalue weighted by Crippen LogP contribution is -2.53. The highest BCUT2D eigenvalue weighted by molar-refractivity contribution is 5.87. The summed E-state index contributed by atoms with van der Waals surface area (Å²) in [5.41, 5.74) is 2.73. The van der Waals surface area contributed by atoms with E-state index in [1.54, 1.807) is 0 Å². The second-order valence-corrected chi connectivity index (χ2v) is 8.60. The largest absolute Gasteiger partial charge is 0.479 e. The van der Waals surface area contributed by atoms with Crippen LogP contribution in [0.5, 0.6) is 0 Å².